The van der Waals surface area contributed by atoms with Gasteiger partial charge in [-0.2, -0.15) is 0 Å². The summed E-state index contributed by atoms with van der Waals surface area (Å²) in [5.41, 5.74) is 1.38. The monoisotopic (exact) mass is 479 g/mol. The van der Waals surface area contributed by atoms with Gasteiger partial charge in [0.2, 0.25) is 5.88 Å². The molecule has 1 aromatic carbocycles. The molecule has 154 valence electrons. The van der Waals surface area contributed by atoms with Crippen molar-refractivity contribution in [3.8, 4) is 11.6 Å². The van der Waals surface area contributed by atoms with E-state index in [1.54, 1.807) is 50.4 Å². The van der Waals surface area contributed by atoms with Crippen LogP contribution >= 0.6 is 34.5 Å². The first-order valence-electron chi connectivity index (χ1n) is 8.71. The van der Waals surface area contributed by atoms with Crippen molar-refractivity contribution in [1.82, 2.24) is 9.97 Å². The Labute approximate surface area is 187 Å². The van der Waals surface area contributed by atoms with E-state index in [1.165, 1.54) is 12.3 Å². The molecule has 1 N–H and O–H groups in total. The molecular formula is C20H15Cl2N3O3S2. The third-order valence-corrected chi connectivity index (χ3v) is 8.03. The Kier molecular flexibility index (Phi) is 5.59. The van der Waals surface area contributed by atoms with Gasteiger partial charge >= 0.3 is 0 Å². The second-order valence-electron chi connectivity index (χ2n) is 6.46. The number of nitrogens with one attached hydrogen (secondary N) is 1. The van der Waals surface area contributed by atoms with Gasteiger partial charge in [-0.3, -0.25) is 9.71 Å². The van der Waals surface area contributed by atoms with Crippen LogP contribution in [0.3, 0.4) is 0 Å². The van der Waals surface area contributed by atoms with Crippen LogP contribution in [0.15, 0.2) is 53.0 Å². The van der Waals surface area contributed by atoms with Crippen LogP contribution in [0, 0.1) is 13.8 Å². The zero-order valence-electron chi connectivity index (χ0n) is 15.8. The average molecular weight is 480 g/mol. The standard InChI is InChI=1S/C20H15Cl2N3O3S2/c1-11-15-8-13(21)5-6-18(15)29-20(11)30(26,27)25-16-9-14(22)10-24-19(16)28-17-4-3-7-23-12(17)2/h3-10,25H,1-2H3. The molecule has 0 aliphatic carbocycles. The number of rotatable bonds is 5. The highest BCUT2D eigenvalue weighted by molar-refractivity contribution is 7.95. The predicted octanol–water partition coefficient (Wildman–Crippen LogP) is 6.21. The minimum atomic E-state index is -3.93. The predicted molar refractivity (Wildman–Crippen MR) is 121 cm³/mol. The van der Waals surface area contributed by atoms with E-state index in [2.05, 4.69) is 14.7 Å². The van der Waals surface area contributed by atoms with E-state index < -0.39 is 10.0 Å². The van der Waals surface area contributed by atoms with E-state index >= 15 is 0 Å². The summed E-state index contributed by atoms with van der Waals surface area (Å²) in [6.45, 7) is 3.52. The highest BCUT2D eigenvalue weighted by Gasteiger charge is 2.24. The van der Waals surface area contributed by atoms with E-state index in [0.29, 0.717) is 22.0 Å². The fourth-order valence-electron chi connectivity index (χ4n) is 2.88. The van der Waals surface area contributed by atoms with Crippen LogP contribution in [0.1, 0.15) is 11.3 Å². The van der Waals surface area contributed by atoms with E-state index in [0.717, 1.165) is 21.4 Å². The Hall–Kier alpha value is -2.39. The third-order valence-electron chi connectivity index (χ3n) is 4.33. The number of thiophene rings is 1. The largest absolute Gasteiger partial charge is 0.435 e. The molecule has 0 saturated heterocycles. The molecule has 3 heterocycles. The summed E-state index contributed by atoms with van der Waals surface area (Å²) in [5.74, 6) is 0.529. The van der Waals surface area contributed by atoms with Crippen LogP contribution in [0.4, 0.5) is 5.69 Å². The summed E-state index contributed by atoms with van der Waals surface area (Å²) >= 11 is 13.3. The highest BCUT2D eigenvalue weighted by Crippen LogP contribution is 2.38. The first kappa shape index (κ1) is 20.9. The lowest BCUT2D eigenvalue weighted by Gasteiger charge is -2.13. The van der Waals surface area contributed by atoms with Gasteiger partial charge in [0.25, 0.3) is 10.0 Å². The van der Waals surface area contributed by atoms with Crippen molar-refractivity contribution < 1.29 is 13.2 Å². The molecule has 0 aliphatic rings. The minimum Gasteiger partial charge on any atom is -0.435 e. The Morgan fingerprint density at radius 1 is 1.07 bits per heavy atom. The fraction of sp³-hybridized carbons (Fsp3) is 0.100. The van der Waals surface area contributed by atoms with Gasteiger partial charge in [0, 0.05) is 22.1 Å². The third kappa shape index (κ3) is 4.09. The van der Waals surface area contributed by atoms with Crippen LogP contribution < -0.4 is 9.46 Å². The second-order valence-corrected chi connectivity index (χ2v) is 10.3. The van der Waals surface area contributed by atoms with Crippen LogP contribution in [-0.2, 0) is 10.0 Å². The van der Waals surface area contributed by atoms with E-state index in [9.17, 15) is 8.42 Å². The van der Waals surface area contributed by atoms with Crippen molar-refractivity contribution in [1.29, 1.82) is 0 Å². The average Bonchev–Trinajstić information content (AvgIpc) is 3.02. The summed E-state index contributed by atoms with van der Waals surface area (Å²) in [6.07, 6.45) is 3.02. The molecule has 0 saturated carbocycles. The molecule has 3 aromatic heterocycles. The molecule has 0 radical (unpaired) electrons. The molecule has 10 heteroatoms. The van der Waals surface area contributed by atoms with Crippen molar-refractivity contribution in [3.63, 3.8) is 0 Å². The number of anilines is 1. The number of halogens is 2. The number of nitrogens with zero attached hydrogens (tertiary/aromatic N) is 2. The maximum Gasteiger partial charge on any atom is 0.271 e. The van der Waals surface area contributed by atoms with Crippen LogP contribution in [0.2, 0.25) is 10.0 Å². The first-order valence-corrected chi connectivity index (χ1v) is 11.8. The maximum absolute atomic E-state index is 13.2. The molecule has 0 bridgehead atoms. The van der Waals surface area contributed by atoms with Crippen molar-refractivity contribution in [3.05, 3.63) is 70.1 Å². The number of hydrogen-bond donors (Lipinski definition) is 1. The van der Waals surface area contributed by atoms with Crippen molar-refractivity contribution in [2.24, 2.45) is 0 Å². The molecular weight excluding hydrogens is 465 g/mol. The summed E-state index contributed by atoms with van der Waals surface area (Å²) in [7, 11) is -3.93. The molecule has 0 atom stereocenters. The number of aryl methyl sites for hydroxylation is 2. The minimum absolute atomic E-state index is 0.0703. The van der Waals surface area contributed by atoms with Gasteiger partial charge in [0.15, 0.2) is 5.75 Å². The van der Waals surface area contributed by atoms with Gasteiger partial charge in [-0.25, -0.2) is 13.4 Å². The molecule has 6 nitrogen and oxygen atoms in total. The second kappa shape index (κ2) is 8.03. The van der Waals surface area contributed by atoms with E-state index in [-0.39, 0.29) is 20.8 Å². The van der Waals surface area contributed by atoms with Gasteiger partial charge in [0.1, 0.15) is 9.90 Å². The van der Waals surface area contributed by atoms with Gasteiger partial charge in [-0.05, 0) is 61.2 Å². The summed E-state index contributed by atoms with van der Waals surface area (Å²) in [5, 5.41) is 1.60. The fourth-order valence-corrected chi connectivity index (χ4v) is 6.01. The van der Waals surface area contributed by atoms with Gasteiger partial charge in [-0.1, -0.05) is 23.2 Å². The molecule has 4 aromatic rings. The Bertz CT molecular complexity index is 1370. The molecule has 0 aliphatic heterocycles. The lowest BCUT2D eigenvalue weighted by atomic mass is 10.2. The van der Waals surface area contributed by atoms with Crippen LogP contribution in [-0.4, -0.2) is 18.4 Å². The number of benzene rings is 1. The normalized spacial score (nSPS) is 11.6. The highest BCUT2D eigenvalue weighted by atomic mass is 35.5. The Morgan fingerprint density at radius 2 is 1.87 bits per heavy atom. The van der Waals surface area contributed by atoms with Crippen molar-refractivity contribution >= 4 is 60.3 Å². The lowest BCUT2D eigenvalue weighted by Crippen LogP contribution is -2.13. The number of pyridine rings is 2. The van der Waals surface area contributed by atoms with Gasteiger partial charge in [-0.15, -0.1) is 11.3 Å². The summed E-state index contributed by atoms with van der Waals surface area (Å²) in [6, 6.07) is 10.2. The van der Waals surface area contributed by atoms with E-state index in [4.69, 9.17) is 27.9 Å². The van der Waals surface area contributed by atoms with E-state index in [1.807, 2.05) is 0 Å². The summed E-state index contributed by atoms with van der Waals surface area (Å²) in [4.78, 5) is 8.31. The Balaban J connectivity index is 1.74. The molecule has 0 unspecified atom stereocenters. The number of aromatic nitrogens is 2. The zero-order chi connectivity index (χ0) is 21.5. The maximum atomic E-state index is 13.2. The van der Waals surface area contributed by atoms with Crippen molar-refractivity contribution in [2.75, 3.05) is 4.72 Å². The quantitative estimate of drug-likeness (QED) is 0.367. The number of hydrogen-bond acceptors (Lipinski definition) is 6. The number of sulfonamides is 1. The Morgan fingerprint density at radius 3 is 2.63 bits per heavy atom. The molecule has 0 amide bonds. The van der Waals surface area contributed by atoms with Gasteiger partial charge in [0.05, 0.1) is 10.7 Å². The number of fused-ring (bicyclic) bond motifs is 1. The van der Waals surface area contributed by atoms with Gasteiger partial charge < -0.3 is 4.74 Å². The molecule has 4 rings (SSSR count). The SMILES string of the molecule is Cc1ncccc1Oc1ncc(Cl)cc1NS(=O)(=O)c1sc2ccc(Cl)cc2c1C. The molecule has 30 heavy (non-hydrogen) atoms. The van der Waals surface area contributed by atoms with Crippen LogP contribution in [0.5, 0.6) is 11.6 Å². The van der Waals surface area contributed by atoms with Crippen molar-refractivity contribution in [2.45, 2.75) is 18.1 Å². The van der Waals surface area contributed by atoms with Crippen LogP contribution in [0.25, 0.3) is 10.1 Å². The summed E-state index contributed by atoms with van der Waals surface area (Å²) < 4.78 is 35.7. The lowest BCUT2D eigenvalue weighted by molar-refractivity contribution is 0.459. The number of ether oxygens (including phenoxy) is 1. The molecule has 0 fully saturated rings. The first-order chi connectivity index (χ1) is 14.2. The molecule has 0 spiro atoms. The topological polar surface area (TPSA) is 81.2 Å². The smallest absolute Gasteiger partial charge is 0.271 e. The zero-order valence-corrected chi connectivity index (χ0v) is 19.0.